The summed E-state index contributed by atoms with van der Waals surface area (Å²) in [5.41, 5.74) is 0.894. The molecule has 2 heterocycles. The lowest BCUT2D eigenvalue weighted by Crippen LogP contribution is -2.53. The molecule has 0 atom stereocenters. The Bertz CT molecular complexity index is 686. The number of hydrogen-bond acceptors (Lipinski definition) is 4. The highest BCUT2D eigenvalue weighted by Gasteiger charge is 2.49. The smallest absolute Gasteiger partial charge is 0.238 e. The number of methoxy groups -OCH3 is 1. The van der Waals surface area contributed by atoms with Gasteiger partial charge in [0.1, 0.15) is 5.75 Å². The normalized spacial score (nSPS) is 18.7. The van der Waals surface area contributed by atoms with Gasteiger partial charge in [-0.15, -0.1) is 11.8 Å². The highest BCUT2D eigenvalue weighted by molar-refractivity contribution is 8.02. The number of unbranched alkanes of at least 4 members (excludes halogenated alkanes) is 4. The van der Waals surface area contributed by atoms with Crippen LogP contribution in [0.15, 0.2) is 24.3 Å². The van der Waals surface area contributed by atoms with Gasteiger partial charge in [0.15, 0.2) is 0 Å². The second kappa shape index (κ2) is 9.68. The maximum atomic E-state index is 12.7. The number of hydrogen-bond donors (Lipinski definition) is 0. The summed E-state index contributed by atoms with van der Waals surface area (Å²) < 4.78 is 5.34. The Morgan fingerprint density at radius 3 is 2.64 bits per heavy atom. The zero-order valence-electron chi connectivity index (χ0n) is 17.1. The van der Waals surface area contributed by atoms with E-state index in [-0.39, 0.29) is 16.7 Å². The first-order valence-corrected chi connectivity index (χ1v) is 11.5. The summed E-state index contributed by atoms with van der Waals surface area (Å²) in [5, 5.41) is 0. The Morgan fingerprint density at radius 1 is 1.18 bits per heavy atom. The molecule has 2 saturated heterocycles. The second-order valence-electron chi connectivity index (χ2n) is 7.71. The van der Waals surface area contributed by atoms with Gasteiger partial charge in [-0.2, -0.15) is 0 Å². The van der Waals surface area contributed by atoms with Gasteiger partial charge in [0.05, 0.1) is 17.7 Å². The van der Waals surface area contributed by atoms with Gasteiger partial charge in [0, 0.05) is 31.3 Å². The van der Waals surface area contributed by atoms with Crippen molar-refractivity contribution in [3.8, 4) is 5.75 Å². The quantitative estimate of drug-likeness (QED) is 0.601. The molecule has 0 N–H and O–H groups in total. The van der Waals surface area contributed by atoms with E-state index in [4.69, 9.17) is 4.74 Å². The summed E-state index contributed by atoms with van der Waals surface area (Å²) in [4.78, 5) is 28.9. The van der Waals surface area contributed by atoms with E-state index in [2.05, 4.69) is 6.92 Å². The van der Waals surface area contributed by atoms with Crippen LogP contribution in [0.4, 0.5) is 5.69 Å². The number of piperidine rings is 1. The molecule has 0 unspecified atom stereocenters. The van der Waals surface area contributed by atoms with Crippen molar-refractivity contribution in [2.75, 3.05) is 30.9 Å². The molecule has 1 aromatic rings. The van der Waals surface area contributed by atoms with E-state index in [1.165, 1.54) is 19.3 Å². The third-order valence-electron chi connectivity index (χ3n) is 5.82. The average molecular weight is 405 g/mol. The van der Waals surface area contributed by atoms with E-state index in [9.17, 15) is 9.59 Å². The zero-order chi connectivity index (χ0) is 20.0. The number of rotatable bonds is 8. The minimum absolute atomic E-state index is 0.147. The van der Waals surface area contributed by atoms with Gasteiger partial charge >= 0.3 is 0 Å². The highest BCUT2D eigenvalue weighted by atomic mass is 32.2. The van der Waals surface area contributed by atoms with Crippen molar-refractivity contribution in [3.63, 3.8) is 0 Å². The van der Waals surface area contributed by atoms with Crippen molar-refractivity contribution >= 4 is 29.3 Å². The SMILES string of the molecule is CCCCCCCC(=O)N1CCC2(CC1)SCC(=O)N2c1cccc(OC)c1. The van der Waals surface area contributed by atoms with Crippen LogP contribution in [0.5, 0.6) is 5.75 Å². The van der Waals surface area contributed by atoms with Crippen molar-refractivity contribution in [1.29, 1.82) is 0 Å². The number of thioether (sulfide) groups is 1. The maximum Gasteiger partial charge on any atom is 0.238 e. The Labute approximate surface area is 172 Å². The number of ether oxygens (including phenoxy) is 1. The molecule has 2 aliphatic rings. The fraction of sp³-hybridized carbons (Fsp3) is 0.636. The number of amides is 2. The molecule has 6 heteroatoms. The van der Waals surface area contributed by atoms with Gasteiger partial charge in [0.25, 0.3) is 0 Å². The van der Waals surface area contributed by atoms with Gasteiger partial charge in [-0.05, 0) is 31.4 Å². The zero-order valence-corrected chi connectivity index (χ0v) is 17.9. The Hall–Kier alpha value is -1.69. The molecule has 2 fully saturated rings. The third kappa shape index (κ3) is 4.65. The summed E-state index contributed by atoms with van der Waals surface area (Å²) in [7, 11) is 1.64. The number of benzene rings is 1. The molecule has 0 saturated carbocycles. The van der Waals surface area contributed by atoms with Crippen LogP contribution in [0, 0.1) is 0 Å². The van der Waals surface area contributed by atoms with Crippen LogP contribution in [0.25, 0.3) is 0 Å². The second-order valence-corrected chi connectivity index (χ2v) is 9.05. The van der Waals surface area contributed by atoms with Crippen LogP contribution in [0.1, 0.15) is 58.3 Å². The summed E-state index contributed by atoms with van der Waals surface area (Å²) in [5.74, 6) is 1.68. The lowest BCUT2D eigenvalue weighted by molar-refractivity contribution is -0.132. The fourth-order valence-electron chi connectivity index (χ4n) is 4.19. The Morgan fingerprint density at radius 2 is 1.93 bits per heavy atom. The molecule has 0 radical (unpaired) electrons. The molecular formula is C22H32N2O3S. The molecule has 0 aromatic heterocycles. The van der Waals surface area contributed by atoms with E-state index in [0.717, 1.165) is 50.2 Å². The largest absolute Gasteiger partial charge is 0.497 e. The molecule has 2 aliphatic heterocycles. The highest BCUT2D eigenvalue weighted by Crippen LogP contribution is 2.47. The first kappa shape index (κ1) is 21.0. The van der Waals surface area contributed by atoms with Crippen molar-refractivity contribution in [2.24, 2.45) is 0 Å². The van der Waals surface area contributed by atoms with Crippen molar-refractivity contribution in [1.82, 2.24) is 4.90 Å². The van der Waals surface area contributed by atoms with E-state index in [1.54, 1.807) is 18.9 Å². The van der Waals surface area contributed by atoms with Crippen LogP contribution in [-0.2, 0) is 9.59 Å². The Balaban J connectivity index is 1.60. The van der Waals surface area contributed by atoms with E-state index < -0.39 is 0 Å². The van der Waals surface area contributed by atoms with Crippen LogP contribution in [-0.4, -0.2) is 47.5 Å². The number of carbonyl (C=O) groups excluding carboxylic acids is 2. The minimum atomic E-state index is -0.235. The Kier molecular flexibility index (Phi) is 7.27. The van der Waals surface area contributed by atoms with Gasteiger partial charge in [-0.3, -0.25) is 14.5 Å². The molecule has 0 bridgehead atoms. The van der Waals surface area contributed by atoms with E-state index in [0.29, 0.717) is 12.2 Å². The first-order valence-electron chi connectivity index (χ1n) is 10.5. The van der Waals surface area contributed by atoms with Crippen molar-refractivity contribution in [3.05, 3.63) is 24.3 Å². The van der Waals surface area contributed by atoms with Crippen LogP contribution in [0.3, 0.4) is 0 Å². The summed E-state index contributed by atoms with van der Waals surface area (Å²) in [6.07, 6.45) is 8.14. The molecule has 3 rings (SSSR count). The van der Waals surface area contributed by atoms with E-state index in [1.807, 2.05) is 34.1 Å². The van der Waals surface area contributed by atoms with Gasteiger partial charge in [0.2, 0.25) is 11.8 Å². The lowest BCUT2D eigenvalue weighted by atomic mass is 10.00. The molecule has 1 aromatic carbocycles. The molecule has 0 aliphatic carbocycles. The molecule has 2 amide bonds. The minimum Gasteiger partial charge on any atom is -0.497 e. The predicted molar refractivity (Wildman–Crippen MR) is 115 cm³/mol. The maximum absolute atomic E-state index is 12.7. The molecule has 5 nitrogen and oxygen atoms in total. The van der Waals surface area contributed by atoms with Gasteiger partial charge < -0.3 is 9.64 Å². The number of anilines is 1. The lowest BCUT2D eigenvalue weighted by Gasteiger charge is -2.44. The summed E-state index contributed by atoms with van der Waals surface area (Å²) in [6.45, 7) is 3.67. The fourth-order valence-corrected chi connectivity index (χ4v) is 5.52. The van der Waals surface area contributed by atoms with Crippen LogP contribution < -0.4 is 9.64 Å². The molecule has 1 spiro atoms. The number of nitrogens with zero attached hydrogens (tertiary/aromatic N) is 2. The summed E-state index contributed by atoms with van der Waals surface area (Å²) in [6, 6.07) is 7.72. The van der Waals surface area contributed by atoms with Crippen LogP contribution in [0.2, 0.25) is 0 Å². The van der Waals surface area contributed by atoms with Gasteiger partial charge in [-0.25, -0.2) is 0 Å². The predicted octanol–water partition coefficient (Wildman–Crippen LogP) is 4.45. The van der Waals surface area contributed by atoms with Crippen molar-refractivity contribution < 1.29 is 14.3 Å². The number of carbonyl (C=O) groups is 2. The molecule has 28 heavy (non-hydrogen) atoms. The topological polar surface area (TPSA) is 49.9 Å². The van der Waals surface area contributed by atoms with Gasteiger partial charge in [-0.1, -0.05) is 38.7 Å². The van der Waals surface area contributed by atoms with E-state index >= 15 is 0 Å². The molecule has 154 valence electrons. The standard InChI is InChI=1S/C22H32N2O3S/c1-3-4-5-6-7-11-20(25)23-14-12-22(13-15-23)24(21(26)17-28-22)18-9-8-10-19(16-18)27-2/h8-10,16H,3-7,11-15,17H2,1-2H3. The average Bonchev–Trinajstić information content (AvgIpc) is 3.04. The summed E-state index contributed by atoms with van der Waals surface area (Å²) >= 11 is 1.73. The third-order valence-corrected chi connectivity index (χ3v) is 7.34. The molecular weight excluding hydrogens is 372 g/mol. The first-order chi connectivity index (χ1) is 13.6. The number of likely N-dealkylation sites (tertiary alicyclic amines) is 1. The van der Waals surface area contributed by atoms with Crippen molar-refractivity contribution in [2.45, 2.75) is 63.2 Å². The monoisotopic (exact) mass is 404 g/mol. The van der Waals surface area contributed by atoms with Crippen LogP contribution >= 0.6 is 11.8 Å².